The van der Waals surface area contributed by atoms with Crippen molar-refractivity contribution in [3.63, 3.8) is 0 Å². The largest absolute Gasteiger partial charge is 0.393 e. The Morgan fingerprint density at radius 2 is 1.91 bits per heavy atom. The van der Waals surface area contributed by atoms with Crippen LogP contribution >= 0.6 is 0 Å². The number of hydrogen-bond donors (Lipinski definition) is 1. The van der Waals surface area contributed by atoms with E-state index in [4.69, 9.17) is 0 Å². The van der Waals surface area contributed by atoms with Crippen molar-refractivity contribution in [3.05, 3.63) is 0 Å². The van der Waals surface area contributed by atoms with Crippen LogP contribution < -0.4 is 0 Å². The molecular weight excluding hydrogens is 136 g/mol. The van der Waals surface area contributed by atoms with Gasteiger partial charge >= 0.3 is 0 Å². The predicted molar refractivity (Wildman–Crippen MR) is 49.6 cm³/mol. The van der Waals surface area contributed by atoms with Crippen molar-refractivity contribution in [3.8, 4) is 0 Å². The van der Waals surface area contributed by atoms with Crippen LogP contribution in [0.25, 0.3) is 0 Å². The maximum atomic E-state index is 9.21. The van der Waals surface area contributed by atoms with Crippen LogP contribution in [-0.4, -0.2) is 11.2 Å². The van der Waals surface area contributed by atoms with Gasteiger partial charge < -0.3 is 5.11 Å². The Morgan fingerprint density at radius 1 is 1.27 bits per heavy atom. The summed E-state index contributed by atoms with van der Waals surface area (Å²) in [7, 11) is 0. The summed E-state index contributed by atoms with van der Waals surface area (Å²) in [4.78, 5) is 0. The molecule has 1 nitrogen and oxygen atoms in total. The standard InChI is InChI=1S/C8H16O.C2H6/c1-2-7-4-3-5-8(9)6-7;1-2/h7-9H,2-6H2,1H3;1-2H3. The summed E-state index contributed by atoms with van der Waals surface area (Å²) >= 11 is 0. The topological polar surface area (TPSA) is 20.2 Å². The van der Waals surface area contributed by atoms with E-state index in [1.54, 1.807) is 0 Å². The molecule has 1 rings (SSSR count). The van der Waals surface area contributed by atoms with Crippen molar-refractivity contribution in [1.29, 1.82) is 0 Å². The molecule has 11 heavy (non-hydrogen) atoms. The summed E-state index contributed by atoms with van der Waals surface area (Å²) in [5.41, 5.74) is 0. The lowest BCUT2D eigenvalue weighted by Gasteiger charge is -2.24. The molecular formula is C10H22O. The number of rotatable bonds is 1. The first-order valence-electron chi connectivity index (χ1n) is 5.01. The van der Waals surface area contributed by atoms with Crippen molar-refractivity contribution in [2.45, 2.75) is 59.0 Å². The van der Waals surface area contributed by atoms with E-state index >= 15 is 0 Å². The van der Waals surface area contributed by atoms with Crippen LogP contribution in [0.5, 0.6) is 0 Å². The average molecular weight is 158 g/mol. The highest BCUT2D eigenvalue weighted by molar-refractivity contribution is 4.70. The Balaban J connectivity index is 0.000000461. The summed E-state index contributed by atoms with van der Waals surface area (Å²) in [6.45, 7) is 6.21. The molecule has 1 fully saturated rings. The van der Waals surface area contributed by atoms with Crippen molar-refractivity contribution in [1.82, 2.24) is 0 Å². The highest BCUT2D eigenvalue weighted by Crippen LogP contribution is 2.25. The molecule has 0 aromatic carbocycles. The van der Waals surface area contributed by atoms with Gasteiger partial charge in [0.1, 0.15) is 0 Å². The van der Waals surface area contributed by atoms with E-state index in [1.165, 1.54) is 19.3 Å². The van der Waals surface area contributed by atoms with Gasteiger partial charge in [0.05, 0.1) is 6.10 Å². The Kier molecular flexibility index (Phi) is 6.63. The van der Waals surface area contributed by atoms with Crippen molar-refractivity contribution in [2.24, 2.45) is 5.92 Å². The molecule has 0 radical (unpaired) electrons. The maximum absolute atomic E-state index is 9.21. The van der Waals surface area contributed by atoms with E-state index in [0.29, 0.717) is 0 Å². The van der Waals surface area contributed by atoms with Crippen LogP contribution in [0.2, 0.25) is 0 Å². The average Bonchev–Trinajstić information content (AvgIpc) is 2.08. The molecule has 0 aromatic rings. The minimum Gasteiger partial charge on any atom is -0.393 e. The fourth-order valence-corrected chi connectivity index (χ4v) is 1.63. The van der Waals surface area contributed by atoms with E-state index in [9.17, 15) is 5.11 Å². The molecule has 1 heteroatoms. The molecule has 2 atom stereocenters. The first-order valence-corrected chi connectivity index (χ1v) is 5.01. The molecule has 0 saturated heterocycles. The molecule has 1 N–H and O–H groups in total. The monoisotopic (exact) mass is 158 g/mol. The van der Waals surface area contributed by atoms with E-state index in [-0.39, 0.29) is 6.10 Å². The van der Waals surface area contributed by atoms with E-state index in [1.807, 2.05) is 13.8 Å². The number of aliphatic hydroxyl groups is 1. The van der Waals surface area contributed by atoms with Gasteiger partial charge in [-0.3, -0.25) is 0 Å². The van der Waals surface area contributed by atoms with Gasteiger partial charge in [0.25, 0.3) is 0 Å². The Morgan fingerprint density at radius 3 is 2.27 bits per heavy atom. The molecule has 1 aliphatic carbocycles. The first kappa shape index (κ1) is 11.0. The zero-order valence-corrected chi connectivity index (χ0v) is 8.14. The third-order valence-corrected chi connectivity index (χ3v) is 2.33. The third kappa shape index (κ3) is 4.41. The Bertz CT molecular complexity index is 80.9. The predicted octanol–water partition coefficient (Wildman–Crippen LogP) is 2.97. The first-order chi connectivity index (χ1) is 5.33. The third-order valence-electron chi connectivity index (χ3n) is 2.33. The zero-order chi connectivity index (χ0) is 8.69. The molecule has 68 valence electrons. The molecule has 1 saturated carbocycles. The molecule has 1 aliphatic rings. The molecule has 0 aromatic heterocycles. The van der Waals surface area contributed by atoms with Crippen LogP contribution in [0.15, 0.2) is 0 Å². The van der Waals surface area contributed by atoms with Crippen molar-refractivity contribution < 1.29 is 5.11 Å². The van der Waals surface area contributed by atoms with Crippen LogP contribution in [0.3, 0.4) is 0 Å². The van der Waals surface area contributed by atoms with Gasteiger partial charge in [-0.25, -0.2) is 0 Å². The fraction of sp³-hybridized carbons (Fsp3) is 1.00. The minimum atomic E-state index is 0.0173. The van der Waals surface area contributed by atoms with Crippen LogP contribution in [-0.2, 0) is 0 Å². The number of aliphatic hydroxyl groups excluding tert-OH is 1. The van der Waals surface area contributed by atoms with Crippen LogP contribution in [0, 0.1) is 5.92 Å². The lowest BCUT2D eigenvalue weighted by molar-refractivity contribution is 0.0998. The molecule has 0 heterocycles. The van der Waals surface area contributed by atoms with E-state index in [2.05, 4.69) is 6.92 Å². The van der Waals surface area contributed by atoms with Gasteiger partial charge in [0.15, 0.2) is 0 Å². The van der Waals surface area contributed by atoms with Crippen molar-refractivity contribution >= 4 is 0 Å². The number of hydrogen-bond acceptors (Lipinski definition) is 1. The van der Waals surface area contributed by atoms with Gasteiger partial charge in [-0.05, 0) is 18.8 Å². The van der Waals surface area contributed by atoms with Crippen LogP contribution in [0.4, 0.5) is 0 Å². The lowest BCUT2D eigenvalue weighted by atomic mass is 9.86. The second kappa shape index (κ2) is 6.66. The normalized spacial score (nSPS) is 30.5. The highest BCUT2D eigenvalue weighted by Gasteiger charge is 2.17. The summed E-state index contributed by atoms with van der Waals surface area (Å²) in [6, 6.07) is 0. The van der Waals surface area contributed by atoms with Crippen LogP contribution in [0.1, 0.15) is 52.9 Å². The van der Waals surface area contributed by atoms with Gasteiger partial charge in [-0.15, -0.1) is 0 Å². The summed E-state index contributed by atoms with van der Waals surface area (Å²) in [5.74, 6) is 0.814. The smallest absolute Gasteiger partial charge is 0.0542 e. The molecule has 0 aliphatic heterocycles. The SMILES string of the molecule is CC.CCC1CCCC(O)C1. The summed E-state index contributed by atoms with van der Waals surface area (Å²) in [6.07, 6.45) is 5.93. The van der Waals surface area contributed by atoms with Gasteiger partial charge in [-0.2, -0.15) is 0 Å². The summed E-state index contributed by atoms with van der Waals surface area (Å²) in [5, 5.41) is 9.21. The highest BCUT2D eigenvalue weighted by atomic mass is 16.3. The van der Waals surface area contributed by atoms with E-state index in [0.717, 1.165) is 18.8 Å². The van der Waals surface area contributed by atoms with Gasteiger partial charge in [-0.1, -0.05) is 40.0 Å². The molecule has 0 bridgehead atoms. The second-order valence-corrected chi connectivity index (χ2v) is 3.09. The summed E-state index contributed by atoms with van der Waals surface area (Å²) < 4.78 is 0. The second-order valence-electron chi connectivity index (χ2n) is 3.09. The van der Waals surface area contributed by atoms with E-state index < -0.39 is 0 Å². The minimum absolute atomic E-state index is 0.0173. The van der Waals surface area contributed by atoms with Gasteiger partial charge in [0.2, 0.25) is 0 Å². The maximum Gasteiger partial charge on any atom is 0.0542 e. The molecule has 0 amide bonds. The Labute approximate surface area is 70.8 Å². The quantitative estimate of drug-likeness (QED) is 0.622. The van der Waals surface area contributed by atoms with Gasteiger partial charge in [0, 0.05) is 0 Å². The zero-order valence-electron chi connectivity index (χ0n) is 8.14. The molecule has 2 unspecified atom stereocenters. The Hall–Kier alpha value is -0.0400. The fourth-order valence-electron chi connectivity index (χ4n) is 1.63. The van der Waals surface area contributed by atoms with Crippen molar-refractivity contribution in [2.75, 3.05) is 0 Å². The lowest BCUT2D eigenvalue weighted by Crippen LogP contribution is -2.18. The molecule has 0 spiro atoms.